The molecule has 2 aromatic carbocycles. The number of piperazine rings is 1. The minimum absolute atomic E-state index is 0.0230. The molecule has 0 unspecified atom stereocenters. The SMILES string of the molecule is Cc1c(NC(=O)c2ccc(C(C)(C)C)cc2)cccc1-c1cc(NC(=O)NCCCN2CCN(C)CC2)c2nccn2c1. The highest BCUT2D eigenvalue weighted by atomic mass is 16.2. The summed E-state index contributed by atoms with van der Waals surface area (Å²) in [5, 5.41) is 9.08. The van der Waals surface area contributed by atoms with Crippen molar-refractivity contribution in [3.05, 3.63) is 83.8 Å². The van der Waals surface area contributed by atoms with Gasteiger partial charge >= 0.3 is 6.03 Å². The number of rotatable bonds is 8. The van der Waals surface area contributed by atoms with E-state index in [0.717, 1.165) is 61.5 Å². The zero-order chi connectivity index (χ0) is 30.6. The molecule has 3 amide bonds. The fourth-order valence-electron chi connectivity index (χ4n) is 5.41. The normalized spacial score (nSPS) is 14.5. The summed E-state index contributed by atoms with van der Waals surface area (Å²) in [4.78, 5) is 35.2. The first-order valence-electron chi connectivity index (χ1n) is 15.0. The lowest BCUT2D eigenvalue weighted by Gasteiger charge is -2.32. The largest absolute Gasteiger partial charge is 0.338 e. The lowest BCUT2D eigenvalue weighted by molar-refractivity contribution is 0.102. The molecule has 9 heteroatoms. The van der Waals surface area contributed by atoms with Gasteiger partial charge in [0.25, 0.3) is 5.91 Å². The molecule has 1 aliphatic heterocycles. The third kappa shape index (κ3) is 7.42. The Morgan fingerprint density at radius 3 is 2.42 bits per heavy atom. The summed E-state index contributed by atoms with van der Waals surface area (Å²) >= 11 is 0. The number of anilines is 2. The maximum atomic E-state index is 13.1. The summed E-state index contributed by atoms with van der Waals surface area (Å²) in [6.45, 7) is 14.3. The average Bonchev–Trinajstić information content (AvgIpc) is 3.46. The molecule has 0 atom stereocenters. The number of carbonyl (C=O) groups is 2. The molecule has 43 heavy (non-hydrogen) atoms. The van der Waals surface area contributed by atoms with Crippen LogP contribution in [0.1, 0.15) is 48.7 Å². The fraction of sp³-hybridized carbons (Fsp3) is 0.382. The first kappa shape index (κ1) is 30.3. The summed E-state index contributed by atoms with van der Waals surface area (Å²) in [5.41, 5.74) is 6.62. The van der Waals surface area contributed by atoms with Gasteiger partial charge in [0.15, 0.2) is 5.65 Å². The molecule has 9 nitrogen and oxygen atoms in total. The summed E-state index contributed by atoms with van der Waals surface area (Å²) in [5.74, 6) is -0.155. The Balaban J connectivity index is 1.27. The number of carbonyl (C=O) groups excluding carboxylic acids is 2. The van der Waals surface area contributed by atoms with E-state index in [2.05, 4.69) is 58.6 Å². The molecule has 4 aromatic rings. The van der Waals surface area contributed by atoms with Crippen LogP contribution in [0.25, 0.3) is 16.8 Å². The van der Waals surface area contributed by atoms with E-state index >= 15 is 0 Å². The van der Waals surface area contributed by atoms with Crippen LogP contribution in [0, 0.1) is 6.92 Å². The summed E-state index contributed by atoms with van der Waals surface area (Å²) in [7, 11) is 2.15. The van der Waals surface area contributed by atoms with Crippen LogP contribution < -0.4 is 16.0 Å². The van der Waals surface area contributed by atoms with Crippen molar-refractivity contribution in [3.63, 3.8) is 0 Å². The van der Waals surface area contributed by atoms with Gasteiger partial charge in [0.05, 0.1) is 5.69 Å². The second kappa shape index (κ2) is 13.0. The van der Waals surface area contributed by atoms with Crippen molar-refractivity contribution in [3.8, 4) is 11.1 Å². The number of benzene rings is 2. The molecule has 0 spiro atoms. The number of fused-ring (bicyclic) bond motifs is 1. The van der Waals surface area contributed by atoms with E-state index in [1.54, 1.807) is 6.20 Å². The van der Waals surface area contributed by atoms with Gasteiger partial charge in [0, 0.05) is 68.1 Å². The fourth-order valence-corrected chi connectivity index (χ4v) is 5.41. The van der Waals surface area contributed by atoms with E-state index < -0.39 is 0 Å². The molecule has 3 N–H and O–H groups in total. The number of pyridine rings is 1. The van der Waals surface area contributed by atoms with Crippen molar-refractivity contribution in [2.75, 3.05) is 56.9 Å². The van der Waals surface area contributed by atoms with Crippen LogP contribution in [0.15, 0.2) is 67.1 Å². The van der Waals surface area contributed by atoms with Gasteiger partial charge < -0.3 is 30.2 Å². The van der Waals surface area contributed by atoms with Crippen LogP contribution in [0.2, 0.25) is 0 Å². The number of hydrogen-bond donors (Lipinski definition) is 3. The molecular weight excluding hydrogens is 538 g/mol. The van der Waals surface area contributed by atoms with Crippen molar-refractivity contribution < 1.29 is 9.59 Å². The summed E-state index contributed by atoms with van der Waals surface area (Å²) < 4.78 is 1.90. The molecule has 3 heterocycles. The lowest BCUT2D eigenvalue weighted by atomic mass is 9.86. The zero-order valence-corrected chi connectivity index (χ0v) is 25.9. The number of amides is 3. The smallest absolute Gasteiger partial charge is 0.319 e. The molecule has 0 aliphatic carbocycles. The number of likely N-dealkylation sites (N-methyl/N-ethyl adjacent to an activating group) is 1. The van der Waals surface area contributed by atoms with Gasteiger partial charge in [0.1, 0.15) is 0 Å². The highest BCUT2D eigenvalue weighted by Gasteiger charge is 2.17. The average molecular weight is 582 g/mol. The molecule has 1 aliphatic rings. The van der Waals surface area contributed by atoms with Gasteiger partial charge in [-0.05, 0) is 73.3 Å². The van der Waals surface area contributed by atoms with Crippen LogP contribution in [-0.4, -0.2) is 77.4 Å². The maximum absolute atomic E-state index is 13.1. The second-order valence-electron chi connectivity index (χ2n) is 12.4. The van der Waals surface area contributed by atoms with E-state index in [1.165, 1.54) is 5.56 Å². The summed E-state index contributed by atoms with van der Waals surface area (Å²) in [6, 6.07) is 15.3. The standard InChI is InChI=1S/C34H43N7O2/c1-24-28(8-6-9-29(24)37-32(42)25-10-12-27(13-11-25)34(2,3)4)26-22-30(31-35-15-17-41(31)23-26)38-33(43)36-14-7-16-40-20-18-39(5)19-21-40/h6,8-13,15,17,22-23H,7,14,16,18-21H2,1-5H3,(H,37,42)(H2,36,38,43). The monoisotopic (exact) mass is 581 g/mol. The Morgan fingerprint density at radius 2 is 1.70 bits per heavy atom. The molecule has 5 rings (SSSR count). The molecule has 0 saturated carbocycles. The van der Waals surface area contributed by atoms with Crippen LogP contribution >= 0.6 is 0 Å². The van der Waals surface area contributed by atoms with Gasteiger partial charge in [-0.1, -0.05) is 45.0 Å². The van der Waals surface area contributed by atoms with Gasteiger partial charge in [-0.25, -0.2) is 9.78 Å². The van der Waals surface area contributed by atoms with E-state index in [0.29, 0.717) is 23.4 Å². The van der Waals surface area contributed by atoms with Gasteiger partial charge in [-0.15, -0.1) is 0 Å². The van der Waals surface area contributed by atoms with Crippen molar-refractivity contribution in [2.24, 2.45) is 0 Å². The number of aromatic nitrogens is 2. The third-order valence-electron chi connectivity index (χ3n) is 8.17. The summed E-state index contributed by atoms with van der Waals surface area (Å²) in [6.07, 6.45) is 6.46. The van der Waals surface area contributed by atoms with Gasteiger partial charge in [0.2, 0.25) is 0 Å². The van der Waals surface area contributed by atoms with Gasteiger partial charge in [-0.2, -0.15) is 0 Å². The molecule has 1 saturated heterocycles. The predicted molar refractivity (Wildman–Crippen MR) is 174 cm³/mol. The zero-order valence-electron chi connectivity index (χ0n) is 25.9. The van der Waals surface area contributed by atoms with Crippen LogP contribution in [0.5, 0.6) is 0 Å². The lowest BCUT2D eigenvalue weighted by Crippen LogP contribution is -2.45. The Hall–Kier alpha value is -4.21. The van der Waals surface area contributed by atoms with E-state index in [1.807, 2.05) is 72.2 Å². The number of hydrogen-bond acceptors (Lipinski definition) is 5. The topological polar surface area (TPSA) is 94.0 Å². The van der Waals surface area contributed by atoms with Crippen molar-refractivity contribution in [1.82, 2.24) is 24.5 Å². The van der Waals surface area contributed by atoms with E-state index in [9.17, 15) is 9.59 Å². The molecule has 2 aromatic heterocycles. The number of urea groups is 1. The molecule has 0 radical (unpaired) electrons. The molecule has 0 bridgehead atoms. The van der Waals surface area contributed by atoms with Crippen LogP contribution in [-0.2, 0) is 5.41 Å². The predicted octanol–water partition coefficient (Wildman–Crippen LogP) is 5.62. The van der Waals surface area contributed by atoms with Crippen LogP contribution in [0.4, 0.5) is 16.2 Å². The molecular formula is C34H43N7O2. The van der Waals surface area contributed by atoms with Crippen molar-refractivity contribution in [2.45, 2.75) is 39.5 Å². The van der Waals surface area contributed by atoms with Crippen molar-refractivity contribution >= 4 is 29.0 Å². The first-order valence-corrected chi connectivity index (χ1v) is 15.0. The minimum atomic E-state index is -0.254. The van der Waals surface area contributed by atoms with Gasteiger partial charge in [-0.3, -0.25) is 4.79 Å². The Morgan fingerprint density at radius 1 is 0.953 bits per heavy atom. The van der Waals surface area contributed by atoms with Crippen molar-refractivity contribution in [1.29, 1.82) is 0 Å². The highest BCUT2D eigenvalue weighted by Crippen LogP contribution is 2.32. The first-order chi connectivity index (χ1) is 20.6. The quantitative estimate of drug-likeness (QED) is 0.235. The second-order valence-corrected chi connectivity index (χ2v) is 12.4. The Bertz CT molecular complexity index is 1580. The number of imidazole rings is 1. The maximum Gasteiger partial charge on any atom is 0.319 e. The number of nitrogens with zero attached hydrogens (tertiary/aromatic N) is 4. The Labute approximate surface area is 254 Å². The number of nitrogens with one attached hydrogen (secondary N) is 3. The molecule has 1 fully saturated rings. The van der Waals surface area contributed by atoms with Crippen LogP contribution in [0.3, 0.4) is 0 Å². The van der Waals surface area contributed by atoms with E-state index in [4.69, 9.17) is 0 Å². The molecule has 226 valence electrons. The Kier molecular flexibility index (Phi) is 9.13. The third-order valence-corrected chi connectivity index (χ3v) is 8.17. The van der Waals surface area contributed by atoms with E-state index in [-0.39, 0.29) is 17.4 Å². The minimum Gasteiger partial charge on any atom is -0.338 e. The highest BCUT2D eigenvalue weighted by molar-refractivity contribution is 6.05.